The van der Waals surface area contributed by atoms with Crippen LogP contribution in [0.15, 0.2) is 62.2 Å². The van der Waals surface area contributed by atoms with Crippen molar-refractivity contribution in [1.29, 1.82) is 0 Å². The van der Waals surface area contributed by atoms with Gasteiger partial charge in [-0.1, -0.05) is 24.3 Å². The Bertz CT molecular complexity index is 1170. The predicted molar refractivity (Wildman–Crippen MR) is 97.3 cm³/mol. The maximum Gasteiger partial charge on any atom is 0.349 e. The van der Waals surface area contributed by atoms with Crippen molar-refractivity contribution in [1.82, 2.24) is 10.3 Å². The third kappa shape index (κ3) is 3.09. The van der Waals surface area contributed by atoms with Crippen LogP contribution < -0.4 is 10.9 Å². The van der Waals surface area contributed by atoms with Gasteiger partial charge in [0.2, 0.25) is 0 Å². The topological polar surface area (TPSA) is 85.3 Å². The number of oxazole rings is 1. The quantitative estimate of drug-likeness (QED) is 0.572. The van der Waals surface area contributed by atoms with E-state index in [1.807, 2.05) is 24.3 Å². The molecule has 0 fully saturated rings. The van der Waals surface area contributed by atoms with Crippen LogP contribution in [0.2, 0.25) is 0 Å². The van der Waals surface area contributed by atoms with E-state index in [1.165, 1.54) is 0 Å². The van der Waals surface area contributed by atoms with Crippen LogP contribution in [0.4, 0.5) is 0 Å². The van der Waals surface area contributed by atoms with Crippen molar-refractivity contribution in [3.63, 3.8) is 0 Å². The summed E-state index contributed by atoms with van der Waals surface area (Å²) in [5, 5.41) is 3.48. The standard InChI is InChI=1S/C20H16N2O4/c1-12-22-16-10-13(6-7-18(16)25-12)8-9-21-19(23)15-11-14-4-2-3-5-17(14)26-20(15)24/h2-7,10-11H,8-9H2,1H3,(H,21,23). The summed E-state index contributed by atoms with van der Waals surface area (Å²) in [6.07, 6.45) is 0.618. The molecule has 1 amide bonds. The second-order valence-electron chi connectivity index (χ2n) is 6.03. The highest BCUT2D eigenvalue weighted by atomic mass is 16.4. The molecule has 4 aromatic rings. The summed E-state index contributed by atoms with van der Waals surface area (Å²) in [6.45, 7) is 2.20. The first-order chi connectivity index (χ1) is 12.6. The molecule has 6 nitrogen and oxygen atoms in total. The molecule has 0 saturated heterocycles. The van der Waals surface area contributed by atoms with Gasteiger partial charge >= 0.3 is 5.63 Å². The molecule has 6 heteroatoms. The van der Waals surface area contributed by atoms with Crippen LogP contribution in [0.3, 0.4) is 0 Å². The number of amides is 1. The molecule has 1 N–H and O–H groups in total. The summed E-state index contributed by atoms with van der Waals surface area (Å²) in [4.78, 5) is 28.6. The lowest BCUT2D eigenvalue weighted by Gasteiger charge is -2.05. The number of nitrogens with one attached hydrogen (secondary N) is 1. The molecular formula is C20H16N2O4. The SMILES string of the molecule is Cc1nc2cc(CCNC(=O)c3cc4ccccc4oc3=O)ccc2o1. The Labute approximate surface area is 148 Å². The van der Waals surface area contributed by atoms with Gasteiger partial charge in [0.15, 0.2) is 11.5 Å². The summed E-state index contributed by atoms with van der Waals surface area (Å²) in [6, 6.07) is 14.4. The molecule has 26 heavy (non-hydrogen) atoms. The second-order valence-corrected chi connectivity index (χ2v) is 6.03. The monoisotopic (exact) mass is 348 g/mol. The number of carbonyl (C=O) groups is 1. The van der Waals surface area contributed by atoms with Crippen LogP contribution in [-0.4, -0.2) is 17.4 Å². The van der Waals surface area contributed by atoms with Gasteiger partial charge in [-0.2, -0.15) is 0 Å². The van der Waals surface area contributed by atoms with Crippen LogP contribution in [0.5, 0.6) is 0 Å². The molecule has 4 rings (SSSR count). The first-order valence-corrected chi connectivity index (χ1v) is 8.27. The molecule has 0 radical (unpaired) electrons. The number of hydrogen-bond donors (Lipinski definition) is 1. The number of benzene rings is 2. The number of rotatable bonds is 4. The highest BCUT2D eigenvalue weighted by molar-refractivity contribution is 5.96. The number of hydrogen-bond acceptors (Lipinski definition) is 5. The van der Waals surface area contributed by atoms with Crippen molar-refractivity contribution in [2.75, 3.05) is 6.54 Å². The molecule has 0 aliphatic heterocycles. The number of para-hydroxylation sites is 1. The van der Waals surface area contributed by atoms with Gasteiger partial charge in [0, 0.05) is 18.9 Å². The molecule has 0 saturated carbocycles. The fourth-order valence-corrected chi connectivity index (χ4v) is 2.88. The molecule has 0 bridgehead atoms. The molecule has 130 valence electrons. The Morgan fingerprint density at radius 2 is 1.92 bits per heavy atom. The van der Waals surface area contributed by atoms with Gasteiger partial charge in [0.25, 0.3) is 5.91 Å². The number of carbonyl (C=O) groups excluding carboxylic acids is 1. The van der Waals surface area contributed by atoms with Crippen LogP contribution >= 0.6 is 0 Å². The van der Waals surface area contributed by atoms with E-state index >= 15 is 0 Å². The Balaban J connectivity index is 1.46. The molecule has 0 atom stereocenters. The average molecular weight is 348 g/mol. The molecule has 0 spiro atoms. The van der Waals surface area contributed by atoms with Gasteiger partial charge in [-0.15, -0.1) is 0 Å². The molecule has 2 aromatic carbocycles. The van der Waals surface area contributed by atoms with Gasteiger partial charge < -0.3 is 14.2 Å². The smallest absolute Gasteiger partial charge is 0.349 e. The number of aryl methyl sites for hydroxylation is 1. The Hall–Kier alpha value is -3.41. The van der Waals surface area contributed by atoms with E-state index in [2.05, 4.69) is 10.3 Å². The summed E-state index contributed by atoms with van der Waals surface area (Å²) in [5.74, 6) is 0.177. The van der Waals surface area contributed by atoms with Gasteiger partial charge in [-0.25, -0.2) is 9.78 Å². The van der Waals surface area contributed by atoms with Gasteiger partial charge in [0.05, 0.1) is 0 Å². The van der Waals surface area contributed by atoms with E-state index in [1.54, 1.807) is 31.2 Å². The van der Waals surface area contributed by atoms with Gasteiger partial charge in [0.1, 0.15) is 16.7 Å². The number of fused-ring (bicyclic) bond motifs is 2. The maximum atomic E-state index is 12.3. The van der Waals surface area contributed by atoms with E-state index in [4.69, 9.17) is 8.83 Å². The third-order valence-corrected chi connectivity index (χ3v) is 4.14. The molecule has 0 aliphatic carbocycles. The Morgan fingerprint density at radius 1 is 1.08 bits per heavy atom. The van der Waals surface area contributed by atoms with E-state index in [0.717, 1.165) is 16.7 Å². The molecule has 0 aliphatic rings. The minimum atomic E-state index is -0.638. The minimum Gasteiger partial charge on any atom is -0.441 e. The summed E-state index contributed by atoms with van der Waals surface area (Å²) >= 11 is 0. The number of nitrogens with zero attached hydrogens (tertiary/aromatic N) is 1. The van der Waals surface area contributed by atoms with Crippen molar-refractivity contribution < 1.29 is 13.6 Å². The van der Waals surface area contributed by atoms with Crippen molar-refractivity contribution in [3.8, 4) is 0 Å². The Morgan fingerprint density at radius 3 is 2.81 bits per heavy atom. The predicted octanol–water partition coefficient (Wildman–Crippen LogP) is 3.22. The lowest BCUT2D eigenvalue weighted by molar-refractivity contribution is 0.0950. The summed E-state index contributed by atoms with van der Waals surface area (Å²) < 4.78 is 10.6. The highest BCUT2D eigenvalue weighted by Crippen LogP contribution is 2.17. The van der Waals surface area contributed by atoms with Crippen LogP contribution in [0.25, 0.3) is 22.1 Å². The van der Waals surface area contributed by atoms with Crippen molar-refractivity contribution in [2.24, 2.45) is 0 Å². The van der Waals surface area contributed by atoms with Gasteiger partial charge in [-0.3, -0.25) is 4.79 Å². The molecule has 2 heterocycles. The Kier molecular flexibility index (Phi) is 4.01. The number of aromatic nitrogens is 1. The van der Waals surface area contributed by atoms with Crippen LogP contribution in [0.1, 0.15) is 21.8 Å². The highest BCUT2D eigenvalue weighted by Gasteiger charge is 2.13. The van der Waals surface area contributed by atoms with Gasteiger partial charge in [-0.05, 0) is 36.2 Å². The third-order valence-electron chi connectivity index (χ3n) is 4.14. The zero-order valence-electron chi connectivity index (χ0n) is 14.1. The first-order valence-electron chi connectivity index (χ1n) is 8.27. The fourth-order valence-electron chi connectivity index (χ4n) is 2.88. The van der Waals surface area contributed by atoms with Crippen molar-refractivity contribution in [3.05, 3.63) is 76.0 Å². The zero-order chi connectivity index (χ0) is 18.1. The van der Waals surface area contributed by atoms with Crippen molar-refractivity contribution in [2.45, 2.75) is 13.3 Å². The minimum absolute atomic E-state index is 0.00581. The van der Waals surface area contributed by atoms with E-state index in [-0.39, 0.29) is 5.56 Å². The first kappa shape index (κ1) is 16.1. The lowest BCUT2D eigenvalue weighted by atomic mass is 10.1. The van der Waals surface area contributed by atoms with E-state index < -0.39 is 11.5 Å². The second kappa shape index (κ2) is 6.48. The lowest BCUT2D eigenvalue weighted by Crippen LogP contribution is -2.29. The van der Waals surface area contributed by atoms with Crippen molar-refractivity contribution >= 4 is 28.0 Å². The normalized spacial score (nSPS) is 11.1. The molecule has 2 aromatic heterocycles. The molecule has 0 unspecified atom stereocenters. The fraction of sp³-hybridized carbons (Fsp3) is 0.150. The zero-order valence-corrected chi connectivity index (χ0v) is 14.1. The van der Waals surface area contributed by atoms with Crippen LogP contribution in [-0.2, 0) is 6.42 Å². The average Bonchev–Trinajstić information content (AvgIpc) is 3.00. The molecular weight excluding hydrogens is 332 g/mol. The largest absolute Gasteiger partial charge is 0.441 e. The van der Waals surface area contributed by atoms with E-state index in [9.17, 15) is 9.59 Å². The van der Waals surface area contributed by atoms with E-state index in [0.29, 0.717) is 29.8 Å². The summed E-state index contributed by atoms with van der Waals surface area (Å²) in [5.41, 5.74) is 2.39. The van der Waals surface area contributed by atoms with Crippen LogP contribution in [0, 0.1) is 6.92 Å². The summed E-state index contributed by atoms with van der Waals surface area (Å²) in [7, 11) is 0. The maximum absolute atomic E-state index is 12.3.